The van der Waals surface area contributed by atoms with Crippen LogP contribution < -0.4 is 0 Å². The van der Waals surface area contributed by atoms with Crippen molar-refractivity contribution >= 4 is 27.3 Å². The third-order valence-electron chi connectivity index (χ3n) is 11.2. The number of aliphatic hydroxyl groups is 1. The predicted molar refractivity (Wildman–Crippen MR) is 210 cm³/mol. The van der Waals surface area contributed by atoms with E-state index >= 15 is 0 Å². The maximum atomic E-state index is 10.5. The molecule has 4 saturated heterocycles. The smallest absolute Gasteiger partial charge is 0.158 e. The number of allylic oxidation sites excluding steroid dienone is 2. The van der Waals surface area contributed by atoms with E-state index in [2.05, 4.69) is 52.4 Å². The van der Waals surface area contributed by atoms with Gasteiger partial charge in [0.1, 0.15) is 0 Å². The molecule has 10 atom stereocenters. The average molecular weight is 826 g/mol. The van der Waals surface area contributed by atoms with E-state index in [4.69, 9.17) is 37.9 Å². The Hall–Kier alpha value is -0.700. The first-order valence-electron chi connectivity index (χ1n) is 20.9. The molecule has 0 amide bonds. The number of unbranched alkanes of at least 4 members (excludes halogenated alkanes) is 1. The number of thiophene rings is 1. The molecule has 1 aliphatic carbocycles. The summed E-state index contributed by atoms with van der Waals surface area (Å²) in [5.74, 6) is 0.352. The second-order valence-electron chi connectivity index (χ2n) is 15.4. The van der Waals surface area contributed by atoms with Crippen LogP contribution in [0.5, 0.6) is 0 Å². The van der Waals surface area contributed by atoms with Crippen LogP contribution in [0, 0.1) is 11.8 Å². The summed E-state index contributed by atoms with van der Waals surface area (Å²) in [5.41, 5.74) is 0. The van der Waals surface area contributed by atoms with Crippen LogP contribution in [0.15, 0.2) is 40.2 Å². The molecule has 11 heteroatoms. The quantitative estimate of drug-likeness (QED) is 0.102. The summed E-state index contributed by atoms with van der Waals surface area (Å²) in [4.78, 5) is 1.35. The standard InChI is InChI=1S/C42H65BrO9S/c43-38-24-22-33(53-38)21-19-32(50-40-16-6-10-26-46-40)20-23-35-34(14-4-2-1-3-13-31(44)30-49-39-15-5-9-25-45-39)36(51-41-17-7-11-27-47-41)29-37(35)52-42-18-8-12-28-48-42/h2,4,20,22-24,31-32,34-37,39-42,44H,1,3,5-19,21,25-30H2/t31?,32-,34-,35-,36+,37-,39?,40?,41?,42?/m1/s1. The van der Waals surface area contributed by atoms with Crippen molar-refractivity contribution in [3.63, 3.8) is 0 Å². The van der Waals surface area contributed by atoms with E-state index in [1.165, 1.54) is 4.88 Å². The van der Waals surface area contributed by atoms with Gasteiger partial charge < -0.3 is 43.0 Å². The summed E-state index contributed by atoms with van der Waals surface area (Å²) in [6, 6.07) is 4.33. The molecule has 0 bridgehead atoms. The van der Waals surface area contributed by atoms with E-state index in [9.17, 15) is 5.11 Å². The Bertz CT molecular complexity index is 1190. The lowest BCUT2D eigenvalue weighted by Gasteiger charge is -2.30. The fourth-order valence-corrected chi connectivity index (χ4v) is 9.72. The highest BCUT2D eigenvalue weighted by Gasteiger charge is 2.45. The van der Waals surface area contributed by atoms with Gasteiger partial charge in [0.2, 0.25) is 0 Å². The lowest BCUT2D eigenvalue weighted by Crippen LogP contribution is -2.31. The molecule has 5 aliphatic rings. The minimum atomic E-state index is -0.470. The Morgan fingerprint density at radius 2 is 1.42 bits per heavy atom. The van der Waals surface area contributed by atoms with Crippen LogP contribution in [0.25, 0.3) is 0 Å². The van der Waals surface area contributed by atoms with E-state index in [1.54, 1.807) is 11.3 Å². The minimum absolute atomic E-state index is 0.0106. The number of rotatable bonds is 20. The molecule has 1 aromatic rings. The summed E-state index contributed by atoms with van der Waals surface area (Å²) in [6.07, 6.45) is 26.7. The molecule has 0 spiro atoms. The van der Waals surface area contributed by atoms with Crippen LogP contribution in [0.2, 0.25) is 0 Å². The van der Waals surface area contributed by atoms with Gasteiger partial charge in [0, 0.05) is 43.6 Å². The number of hydrogen-bond donors (Lipinski definition) is 1. The van der Waals surface area contributed by atoms with Gasteiger partial charge in [0.05, 0.1) is 34.8 Å². The van der Waals surface area contributed by atoms with Crippen molar-refractivity contribution in [3.8, 4) is 0 Å². The molecule has 1 N–H and O–H groups in total. The number of aliphatic hydroxyl groups excluding tert-OH is 1. The summed E-state index contributed by atoms with van der Waals surface area (Å²) in [7, 11) is 0. The maximum absolute atomic E-state index is 10.5. The molecule has 5 heterocycles. The van der Waals surface area contributed by atoms with Gasteiger partial charge in [-0.05, 0) is 150 Å². The molecular weight excluding hydrogens is 760 g/mol. The van der Waals surface area contributed by atoms with Crippen molar-refractivity contribution in [2.24, 2.45) is 11.8 Å². The van der Waals surface area contributed by atoms with E-state index in [0.717, 1.165) is 146 Å². The lowest BCUT2D eigenvalue weighted by atomic mass is 9.89. The van der Waals surface area contributed by atoms with Crippen LogP contribution in [0.1, 0.15) is 120 Å². The minimum Gasteiger partial charge on any atom is -0.391 e. The molecule has 0 aromatic carbocycles. The fraction of sp³-hybridized carbons (Fsp3) is 0.810. The zero-order valence-electron chi connectivity index (χ0n) is 31.7. The van der Waals surface area contributed by atoms with Crippen LogP contribution in [0.3, 0.4) is 0 Å². The molecule has 1 saturated carbocycles. The Kier molecular flexibility index (Phi) is 18.6. The molecule has 300 valence electrons. The Morgan fingerprint density at radius 3 is 2.04 bits per heavy atom. The second-order valence-corrected chi connectivity index (χ2v) is 18.0. The lowest BCUT2D eigenvalue weighted by molar-refractivity contribution is -0.203. The summed E-state index contributed by atoms with van der Waals surface area (Å²) in [6.45, 7) is 3.36. The van der Waals surface area contributed by atoms with Gasteiger partial charge in [-0.2, -0.15) is 0 Å². The van der Waals surface area contributed by atoms with Crippen molar-refractivity contribution in [2.45, 2.75) is 172 Å². The second kappa shape index (κ2) is 23.5. The summed E-state index contributed by atoms with van der Waals surface area (Å²) >= 11 is 5.42. The van der Waals surface area contributed by atoms with Crippen molar-refractivity contribution in [3.05, 3.63) is 45.1 Å². The third kappa shape index (κ3) is 14.6. The molecule has 9 nitrogen and oxygen atoms in total. The zero-order valence-corrected chi connectivity index (χ0v) is 34.1. The largest absolute Gasteiger partial charge is 0.391 e. The van der Waals surface area contributed by atoms with E-state index in [0.29, 0.717) is 13.0 Å². The summed E-state index contributed by atoms with van der Waals surface area (Å²) in [5, 5.41) is 10.5. The van der Waals surface area contributed by atoms with Gasteiger partial charge in [0.15, 0.2) is 25.2 Å². The normalized spacial score (nSPS) is 32.8. The number of hydrogen-bond acceptors (Lipinski definition) is 10. The van der Waals surface area contributed by atoms with Crippen LogP contribution in [0.4, 0.5) is 0 Å². The molecule has 53 heavy (non-hydrogen) atoms. The monoisotopic (exact) mass is 824 g/mol. The molecule has 0 radical (unpaired) electrons. The Morgan fingerprint density at radius 1 is 0.774 bits per heavy atom. The molecule has 5 unspecified atom stereocenters. The predicted octanol–water partition coefficient (Wildman–Crippen LogP) is 9.39. The van der Waals surface area contributed by atoms with Crippen molar-refractivity contribution in [2.75, 3.05) is 33.0 Å². The van der Waals surface area contributed by atoms with Gasteiger partial charge in [0.25, 0.3) is 0 Å². The highest BCUT2D eigenvalue weighted by molar-refractivity contribution is 9.11. The number of aryl methyl sites for hydroxylation is 1. The van der Waals surface area contributed by atoms with E-state index < -0.39 is 6.10 Å². The fourth-order valence-electron chi connectivity index (χ4n) is 8.22. The number of ether oxygens (including phenoxy) is 8. The molecular formula is C42H65BrO9S. The van der Waals surface area contributed by atoms with E-state index in [1.807, 2.05) is 0 Å². The first-order valence-corrected chi connectivity index (χ1v) is 22.5. The zero-order chi connectivity index (χ0) is 36.5. The van der Waals surface area contributed by atoms with Crippen LogP contribution in [-0.4, -0.2) is 87.7 Å². The highest BCUT2D eigenvalue weighted by Crippen LogP contribution is 2.42. The SMILES string of the molecule is OC(CCCC=CC[C@@H]1[C@@H](C=C[C@@H](CCc2ccc(Br)s2)OC2CCCCO2)[C@H](OC2CCCCO2)C[C@@H]1OC1CCCCO1)COC1CCCCO1. The number of halogens is 1. The Labute approximate surface area is 330 Å². The first-order chi connectivity index (χ1) is 26.1. The van der Waals surface area contributed by atoms with Crippen LogP contribution >= 0.6 is 27.3 Å². The van der Waals surface area contributed by atoms with Crippen molar-refractivity contribution in [1.29, 1.82) is 0 Å². The van der Waals surface area contributed by atoms with Crippen LogP contribution in [-0.2, 0) is 44.3 Å². The van der Waals surface area contributed by atoms with Gasteiger partial charge in [-0.25, -0.2) is 0 Å². The van der Waals surface area contributed by atoms with Crippen molar-refractivity contribution in [1.82, 2.24) is 0 Å². The van der Waals surface area contributed by atoms with Gasteiger partial charge in [-0.1, -0.05) is 24.3 Å². The molecule has 1 aromatic heterocycles. The molecule has 6 rings (SSSR count). The third-order valence-corrected chi connectivity index (χ3v) is 12.9. The maximum Gasteiger partial charge on any atom is 0.158 e. The van der Waals surface area contributed by atoms with Gasteiger partial charge >= 0.3 is 0 Å². The Balaban J connectivity index is 1.12. The summed E-state index contributed by atoms with van der Waals surface area (Å²) < 4.78 is 51.2. The van der Waals surface area contributed by atoms with Gasteiger partial charge in [-0.3, -0.25) is 0 Å². The molecule has 5 fully saturated rings. The van der Waals surface area contributed by atoms with E-state index in [-0.39, 0.29) is 55.3 Å². The van der Waals surface area contributed by atoms with Crippen molar-refractivity contribution < 1.29 is 43.0 Å². The average Bonchev–Trinajstić information content (AvgIpc) is 3.76. The topological polar surface area (TPSA) is 94.1 Å². The first kappa shape index (κ1) is 41.9. The van der Waals surface area contributed by atoms with Gasteiger partial charge in [-0.15, -0.1) is 11.3 Å². The molecule has 4 aliphatic heterocycles. The highest BCUT2D eigenvalue weighted by atomic mass is 79.9.